The maximum atomic E-state index is 13.0. The van der Waals surface area contributed by atoms with Gasteiger partial charge in [0.2, 0.25) is 11.8 Å². The summed E-state index contributed by atoms with van der Waals surface area (Å²) in [7, 11) is 1.64. The summed E-state index contributed by atoms with van der Waals surface area (Å²) in [6.07, 6.45) is 0.0357. The van der Waals surface area contributed by atoms with Crippen molar-refractivity contribution in [2.75, 3.05) is 26.0 Å². The van der Waals surface area contributed by atoms with E-state index in [9.17, 15) is 34.2 Å². The van der Waals surface area contributed by atoms with E-state index in [1.54, 1.807) is 7.05 Å². The molecule has 0 aromatic heterocycles. The van der Waals surface area contributed by atoms with E-state index in [0.29, 0.717) is 6.54 Å². The van der Waals surface area contributed by atoms with Crippen molar-refractivity contribution in [2.24, 2.45) is 0 Å². The molecule has 0 saturated carbocycles. The summed E-state index contributed by atoms with van der Waals surface area (Å²) in [6.45, 7) is 2.36. The topological polar surface area (TPSA) is 180 Å². The van der Waals surface area contributed by atoms with E-state index < -0.39 is 48.4 Å². The van der Waals surface area contributed by atoms with Gasteiger partial charge in [0.1, 0.15) is 30.2 Å². The molecule has 0 radical (unpaired) electrons. The molecular weight excluding hydrogens is 470 g/mol. The Kier molecular flexibility index (Phi) is 9.69. The van der Waals surface area contributed by atoms with Gasteiger partial charge in [0, 0.05) is 48.6 Å². The van der Waals surface area contributed by atoms with Gasteiger partial charge in [0.05, 0.1) is 5.56 Å². The first-order chi connectivity index (χ1) is 16.0. The van der Waals surface area contributed by atoms with Crippen LogP contribution in [0, 0.1) is 6.92 Å². The molecule has 1 aliphatic rings. The summed E-state index contributed by atoms with van der Waals surface area (Å²) in [5, 5.41) is 27.4. The number of phenolic OH excluding ortho intramolecular Hbond substituents is 1. The number of carboxylic acid groups (broad SMARTS) is 1. The lowest BCUT2D eigenvalue weighted by Crippen LogP contribution is -2.54. The number of carboxylic acids is 1. The summed E-state index contributed by atoms with van der Waals surface area (Å²) < 4.78 is 10.4. The van der Waals surface area contributed by atoms with Crippen LogP contribution in [0.2, 0.25) is 0 Å². The fourth-order valence-corrected chi connectivity index (χ4v) is 4.18. The number of carbonyl (C=O) groups is 5. The quantitative estimate of drug-likeness (QED) is 0.257. The van der Waals surface area contributed by atoms with Crippen molar-refractivity contribution in [3.8, 4) is 11.5 Å². The molecule has 0 saturated heterocycles. The van der Waals surface area contributed by atoms with Gasteiger partial charge in [-0.25, -0.2) is 9.59 Å². The maximum Gasteiger partial charge on any atom is 0.339 e. The number of amides is 2. The van der Waals surface area contributed by atoms with Gasteiger partial charge in [-0.05, 0) is 14.0 Å². The Labute approximate surface area is 199 Å². The molecule has 0 fully saturated rings. The average Bonchev–Trinajstić information content (AvgIpc) is 2.75. The number of aromatic hydroxyl groups is 1. The summed E-state index contributed by atoms with van der Waals surface area (Å²) in [5.74, 6) is -4.67. The van der Waals surface area contributed by atoms with E-state index in [2.05, 4.69) is 16.0 Å². The highest BCUT2D eigenvalue weighted by atomic mass is 32.2. The predicted octanol–water partition coefficient (Wildman–Crippen LogP) is -0.307. The molecule has 186 valence electrons. The van der Waals surface area contributed by atoms with Gasteiger partial charge < -0.3 is 35.6 Å². The second-order valence-electron chi connectivity index (χ2n) is 7.45. The van der Waals surface area contributed by atoms with Crippen molar-refractivity contribution >= 4 is 41.5 Å². The number of nitrogens with one attached hydrogen (secondary N) is 3. The van der Waals surface area contributed by atoms with Crippen LogP contribution in [-0.4, -0.2) is 78.0 Å². The number of rotatable bonds is 6. The van der Waals surface area contributed by atoms with Crippen LogP contribution in [0.15, 0.2) is 6.07 Å². The number of thioether (sulfide) groups is 1. The number of cyclic esters (lactones) is 1. The third kappa shape index (κ3) is 7.09. The number of benzene rings is 1. The monoisotopic (exact) mass is 497 g/mol. The molecule has 0 bridgehead atoms. The lowest BCUT2D eigenvalue weighted by atomic mass is 10.0. The molecule has 12 nitrogen and oxygen atoms in total. The largest absolute Gasteiger partial charge is 0.508 e. The third-order valence-electron chi connectivity index (χ3n) is 4.86. The first-order valence-electron chi connectivity index (χ1n) is 10.3. The lowest BCUT2D eigenvalue weighted by Gasteiger charge is -2.24. The lowest BCUT2D eigenvalue weighted by molar-refractivity contribution is -0.141. The van der Waals surface area contributed by atoms with Gasteiger partial charge in [-0.15, -0.1) is 0 Å². The molecule has 13 heteroatoms. The highest BCUT2D eigenvalue weighted by Gasteiger charge is 2.31. The number of fused-ring (bicyclic) bond motifs is 1. The maximum absolute atomic E-state index is 13.0. The zero-order chi connectivity index (χ0) is 25.4. The zero-order valence-corrected chi connectivity index (χ0v) is 19.7. The van der Waals surface area contributed by atoms with E-state index in [0.717, 1.165) is 18.7 Å². The highest BCUT2D eigenvalue weighted by molar-refractivity contribution is 7.98. The SMILES string of the molecule is CNCCC(=O)N[C@H]1COC(=O)c2c(C)c(O)cc(OC(C)=O)c2CSC[C@@H](C(=O)O)NC1=O. The molecule has 34 heavy (non-hydrogen) atoms. The summed E-state index contributed by atoms with van der Waals surface area (Å²) in [4.78, 5) is 61.1. The number of aliphatic carboxylic acids is 1. The van der Waals surface area contributed by atoms with Crippen LogP contribution in [0.5, 0.6) is 11.5 Å². The Hall–Kier alpha value is -3.32. The van der Waals surface area contributed by atoms with Gasteiger partial charge in [0.15, 0.2) is 0 Å². The Morgan fingerprint density at radius 3 is 2.65 bits per heavy atom. The molecular formula is C21H27N3O9S. The van der Waals surface area contributed by atoms with Crippen molar-refractivity contribution in [3.05, 3.63) is 22.8 Å². The van der Waals surface area contributed by atoms with Crippen LogP contribution in [0.25, 0.3) is 0 Å². The van der Waals surface area contributed by atoms with Crippen molar-refractivity contribution in [2.45, 2.75) is 38.1 Å². The molecule has 1 aliphatic heterocycles. The van der Waals surface area contributed by atoms with Gasteiger partial charge in [-0.2, -0.15) is 11.8 Å². The number of hydrogen-bond donors (Lipinski definition) is 5. The number of phenols is 1. The van der Waals surface area contributed by atoms with Crippen molar-refractivity contribution in [1.82, 2.24) is 16.0 Å². The van der Waals surface area contributed by atoms with Gasteiger partial charge in [-0.1, -0.05) is 0 Å². The molecule has 5 N–H and O–H groups in total. The Balaban J connectivity index is 2.47. The first kappa shape index (κ1) is 26.9. The van der Waals surface area contributed by atoms with Crippen LogP contribution in [0.1, 0.15) is 34.8 Å². The molecule has 1 aromatic rings. The average molecular weight is 498 g/mol. The number of esters is 2. The third-order valence-corrected chi connectivity index (χ3v) is 5.93. The molecule has 0 unspecified atom stereocenters. The molecule has 1 heterocycles. The minimum Gasteiger partial charge on any atom is -0.508 e. The fraction of sp³-hybridized carbons (Fsp3) is 0.476. The van der Waals surface area contributed by atoms with Gasteiger partial charge in [0.25, 0.3) is 0 Å². The van der Waals surface area contributed by atoms with Crippen LogP contribution >= 0.6 is 11.8 Å². The van der Waals surface area contributed by atoms with Gasteiger partial charge in [-0.3, -0.25) is 14.4 Å². The number of hydrogen-bond acceptors (Lipinski definition) is 10. The smallest absolute Gasteiger partial charge is 0.339 e. The standard InChI is InChI=1S/C21H27N3O9S/c1-10-15(26)6-16(33-11(2)25)12-8-34-9-14(20(29)30)24-19(28)13(7-32-21(31)18(10)12)23-17(27)4-5-22-3/h6,13-14,22,26H,4-5,7-9H2,1-3H3,(H,23,27)(H,24,28)(H,29,30)/t13-,14-/m0/s1. The highest BCUT2D eigenvalue weighted by Crippen LogP contribution is 2.36. The van der Waals surface area contributed by atoms with E-state index in [1.165, 1.54) is 13.0 Å². The minimum atomic E-state index is -1.35. The Morgan fingerprint density at radius 2 is 2.03 bits per heavy atom. The second-order valence-corrected chi connectivity index (χ2v) is 8.48. The zero-order valence-electron chi connectivity index (χ0n) is 18.9. The fourth-order valence-electron chi connectivity index (χ4n) is 3.11. The molecule has 0 spiro atoms. The van der Waals surface area contributed by atoms with Crippen molar-refractivity contribution in [3.63, 3.8) is 0 Å². The second kappa shape index (κ2) is 12.2. The molecule has 2 amide bonds. The molecule has 2 rings (SSSR count). The van der Waals surface area contributed by atoms with E-state index in [4.69, 9.17) is 9.47 Å². The van der Waals surface area contributed by atoms with E-state index in [1.807, 2.05) is 0 Å². The van der Waals surface area contributed by atoms with E-state index in [-0.39, 0.29) is 46.1 Å². The molecule has 1 aromatic carbocycles. The number of carbonyl (C=O) groups excluding carboxylic acids is 4. The van der Waals surface area contributed by atoms with Crippen molar-refractivity contribution in [1.29, 1.82) is 0 Å². The van der Waals surface area contributed by atoms with Crippen LogP contribution in [0.4, 0.5) is 0 Å². The normalized spacial score (nSPS) is 18.9. The Bertz CT molecular complexity index is 983. The first-order valence-corrected chi connectivity index (χ1v) is 11.5. The molecule has 2 atom stereocenters. The van der Waals surface area contributed by atoms with Crippen LogP contribution < -0.4 is 20.7 Å². The summed E-state index contributed by atoms with van der Waals surface area (Å²) >= 11 is 1.06. The predicted molar refractivity (Wildman–Crippen MR) is 121 cm³/mol. The van der Waals surface area contributed by atoms with E-state index >= 15 is 0 Å². The minimum absolute atomic E-state index is 0.0258. The van der Waals surface area contributed by atoms with Gasteiger partial charge >= 0.3 is 17.9 Å². The van der Waals surface area contributed by atoms with Crippen LogP contribution in [0.3, 0.4) is 0 Å². The van der Waals surface area contributed by atoms with Crippen molar-refractivity contribution < 1.29 is 43.7 Å². The summed E-state index contributed by atoms with van der Waals surface area (Å²) in [5.41, 5.74) is 0.311. The Morgan fingerprint density at radius 1 is 1.32 bits per heavy atom. The summed E-state index contributed by atoms with van der Waals surface area (Å²) in [6, 6.07) is -1.46. The van der Waals surface area contributed by atoms with Crippen LogP contribution in [-0.2, 0) is 29.7 Å². The number of ether oxygens (including phenoxy) is 2. The molecule has 0 aliphatic carbocycles.